The van der Waals surface area contributed by atoms with Crippen molar-refractivity contribution >= 4 is 11.9 Å². The summed E-state index contributed by atoms with van der Waals surface area (Å²) >= 11 is 0. The molecule has 0 radical (unpaired) electrons. The lowest BCUT2D eigenvalue weighted by molar-refractivity contribution is 0.101. The summed E-state index contributed by atoms with van der Waals surface area (Å²) in [5.74, 6) is 1.72. The highest BCUT2D eigenvalue weighted by atomic mass is 16.5. The van der Waals surface area contributed by atoms with E-state index < -0.39 is 0 Å². The highest BCUT2D eigenvalue weighted by Gasteiger charge is 2.30. The van der Waals surface area contributed by atoms with E-state index in [0.29, 0.717) is 39.7 Å². The van der Waals surface area contributed by atoms with Crippen molar-refractivity contribution in [3.8, 4) is 28.7 Å². The Morgan fingerprint density at radius 1 is 1.00 bits per heavy atom. The number of fused-ring (bicyclic) bond motifs is 1. The summed E-state index contributed by atoms with van der Waals surface area (Å²) in [6.07, 6.45) is 1.58. The molecular formula is C19H18O6. The number of benzene rings is 2. The molecule has 1 aliphatic rings. The van der Waals surface area contributed by atoms with Gasteiger partial charge in [0, 0.05) is 11.1 Å². The van der Waals surface area contributed by atoms with Gasteiger partial charge >= 0.3 is 0 Å². The number of hydrogen-bond acceptors (Lipinski definition) is 6. The van der Waals surface area contributed by atoms with Crippen molar-refractivity contribution < 1.29 is 28.8 Å². The van der Waals surface area contributed by atoms with Gasteiger partial charge in [0.05, 0.1) is 26.9 Å². The highest BCUT2D eigenvalue weighted by Crippen LogP contribution is 2.43. The zero-order valence-electron chi connectivity index (χ0n) is 14.4. The number of carbonyl (C=O) groups excluding carboxylic acids is 1. The van der Waals surface area contributed by atoms with E-state index in [0.717, 1.165) is 0 Å². The predicted octanol–water partition coefficient (Wildman–Crippen LogP) is 3.34. The van der Waals surface area contributed by atoms with Gasteiger partial charge in [-0.1, -0.05) is 0 Å². The van der Waals surface area contributed by atoms with Gasteiger partial charge in [-0.3, -0.25) is 4.79 Å². The smallest absolute Gasteiger partial charge is 0.231 e. The second-order valence-electron chi connectivity index (χ2n) is 5.45. The molecule has 6 heteroatoms. The Kier molecular flexibility index (Phi) is 4.27. The Labute approximate surface area is 145 Å². The topological polar surface area (TPSA) is 74.2 Å². The minimum Gasteiger partial charge on any atom is -0.508 e. The molecule has 0 atom stereocenters. The van der Waals surface area contributed by atoms with E-state index >= 15 is 0 Å². The second-order valence-corrected chi connectivity index (χ2v) is 5.45. The minimum atomic E-state index is -0.255. The molecule has 3 rings (SSSR count). The van der Waals surface area contributed by atoms with Crippen molar-refractivity contribution in [2.45, 2.75) is 6.92 Å². The SMILES string of the molecule is COc1ccc(/C=C2\Oc3c(ccc(O)c3C)C2=O)c(OC)c1OC. The van der Waals surface area contributed by atoms with Gasteiger partial charge in [0.15, 0.2) is 17.3 Å². The molecule has 0 bridgehead atoms. The summed E-state index contributed by atoms with van der Waals surface area (Å²) in [5, 5.41) is 9.79. The number of rotatable bonds is 4. The van der Waals surface area contributed by atoms with Crippen molar-refractivity contribution in [3.05, 3.63) is 46.7 Å². The van der Waals surface area contributed by atoms with E-state index in [2.05, 4.69) is 0 Å². The van der Waals surface area contributed by atoms with Crippen LogP contribution in [0.5, 0.6) is 28.7 Å². The average molecular weight is 342 g/mol. The third-order valence-corrected chi connectivity index (χ3v) is 4.08. The zero-order chi connectivity index (χ0) is 18.1. The fourth-order valence-corrected chi connectivity index (χ4v) is 2.75. The van der Waals surface area contributed by atoms with Crippen molar-refractivity contribution in [1.29, 1.82) is 0 Å². The monoisotopic (exact) mass is 342 g/mol. The first-order chi connectivity index (χ1) is 12.0. The molecule has 0 aromatic heterocycles. The number of phenols is 1. The molecule has 6 nitrogen and oxygen atoms in total. The number of ketones is 1. The van der Waals surface area contributed by atoms with Crippen LogP contribution in [0.2, 0.25) is 0 Å². The molecule has 2 aromatic rings. The molecule has 1 aliphatic heterocycles. The van der Waals surface area contributed by atoms with Gasteiger partial charge < -0.3 is 24.1 Å². The Morgan fingerprint density at radius 3 is 2.36 bits per heavy atom. The number of methoxy groups -OCH3 is 3. The van der Waals surface area contributed by atoms with Crippen molar-refractivity contribution in [3.63, 3.8) is 0 Å². The normalized spacial score (nSPS) is 14.2. The molecule has 2 aromatic carbocycles. The van der Waals surface area contributed by atoms with Crippen molar-refractivity contribution in [1.82, 2.24) is 0 Å². The maximum atomic E-state index is 12.6. The minimum absolute atomic E-state index is 0.0801. The number of ether oxygens (including phenoxy) is 4. The van der Waals surface area contributed by atoms with Crippen LogP contribution in [0.1, 0.15) is 21.5 Å². The summed E-state index contributed by atoms with van der Waals surface area (Å²) in [6, 6.07) is 6.50. The van der Waals surface area contributed by atoms with Crippen LogP contribution in [-0.4, -0.2) is 32.2 Å². The predicted molar refractivity (Wildman–Crippen MR) is 91.9 cm³/mol. The number of aromatic hydroxyl groups is 1. The quantitative estimate of drug-likeness (QED) is 0.859. The second kappa shape index (κ2) is 6.39. The van der Waals surface area contributed by atoms with Crippen LogP contribution >= 0.6 is 0 Å². The van der Waals surface area contributed by atoms with Gasteiger partial charge in [0.1, 0.15) is 11.5 Å². The van der Waals surface area contributed by atoms with E-state index in [4.69, 9.17) is 18.9 Å². The lowest BCUT2D eigenvalue weighted by atomic mass is 10.1. The molecule has 0 saturated heterocycles. The Hall–Kier alpha value is -3.15. The fourth-order valence-electron chi connectivity index (χ4n) is 2.75. The molecule has 0 unspecified atom stereocenters. The van der Waals surface area contributed by atoms with Gasteiger partial charge in [-0.2, -0.15) is 0 Å². The van der Waals surface area contributed by atoms with Crippen LogP contribution in [0.15, 0.2) is 30.0 Å². The molecule has 0 amide bonds. The fraction of sp³-hybridized carbons (Fsp3) is 0.211. The zero-order valence-corrected chi connectivity index (χ0v) is 14.4. The van der Waals surface area contributed by atoms with E-state index in [1.807, 2.05) is 0 Å². The van der Waals surface area contributed by atoms with Crippen LogP contribution in [0.3, 0.4) is 0 Å². The first kappa shape index (κ1) is 16.7. The van der Waals surface area contributed by atoms with Crippen molar-refractivity contribution in [2.75, 3.05) is 21.3 Å². The Morgan fingerprint density at radius 2 is 1.72 bits per heavy atom. The maximum absolute atomic E-state index is 12.6. The largest absolute Gasteiger partial charge is 0.508 e. The van der Waals surface area contributed by atoms with Crippen molar-refractivity contribution in [2.24, 2.45) is 0 Å². The molecule has 0 aliphatic carbocycles. The summed E-state index contributed by atoms with van der Waals surface area (Å²) in [5.41, 5.74) is 1.55. The van der Waals surface area contributed by atoms with Gasteiger partial charge in [-0.25, -0.2) is 0 Å². The molecule has 0 spiro atoms. The number of allylic oxidation sites excluding steroid dienone is 1. The number of hydrogen-bond donors (Lipinski definition) is 1. The van der Waals surface area contributed by atoms with E-state index in [1.165, 1.54) is 27.4 Å². The summed E-state index contributed by atoms with van der Waals surface area (Å²) in [6.45, 7) is 1.70. The molecule has 25 heavy (non-hydrogen) atoms. The maximum Gasteiger partial charge on any atom is 0.231 e. The van der Waals surface area contributed by atoms with Gasteiger partial charge in [0.2, 0.25) is 11.5 Å². The van der Waals surface area contributed by atoms with E-state index in [-0.39, 0.29) is 17.3 Å². The summed E-state index contributed by atoms with van der Waals surface area (Å²) < 4.78 is 21.7. The number of carbonyl (C=O) groups is 1. The first-order valence-corrected chi connectivity index (χ1v) is 7.57. The Balaban J connectivity index is 2.08. The van der Waals surface area contributed by atoms with Crippen LogP contribution in [-0.2, 0) is 0 Å². The molecule has 1 N–H and O–H groups in total. The van der Waals surface area contributed by atoms with Crippen LogP contribution in [0.25, 0.3) is 6.08 Å². The molecule has 0 fully saturated rings. The standard InChI is InChI=1S/C19H18O6/c1-10-13(20)7-6-12-16(21)15(25-17(10)12)9-11-5-8-14(22-2)19(24-4)18(11)23-3/h5-9,20H,1-4H3/b15-9-. The lowest BCUT2D eigenvalue weighted by Gasteiger charge is -2.14. The summed E-state index contributed by atoms with van der Waals surface area (Å²) in [4.78, 5) is 12.6. The van der Waals surface area contributed by atoms with Gasteiger partial charge in [-0.15, -0.1) is 0 Å². The Bertz CT molecular complexity index is 882. The third-order valence-electron chi connectivity index (χ3n) is 4.08. The van der Waals surface area contributed by atoms with E-state index in [9.17, 15) is 9.90 Å². The number of phenolic OH excluding ortho intramolecular Hbond substituents is 1. The molecule has 0 saturated carbocycles. The summed E-state index contributed by atoms with van der Waals surface area (Å²) in [7, 11) is 4.55. The lowest BCUT2D eigenvalue weighted by Crippen LogP contribution is -2.00. The van der Waals surface area contributed by atoms with Gasteiger partial charge in [-0.05, 0) is 37.3 Å². The van der Waals surface area contributed by atoms with Crippen LogP contribution in [0.4, 0.5) is 0 Å². The number of Topliss-reactive ketones (excluding diaryl/α,β-unsaturated/α-hetero) is 1. The molecule has 1 heterocycles. The van der Waals surface area contributed by atoms with Gasteiger partial charge in [0.25, 0.3) is 0 Å². The molecule has 130 valence electrons. The van der Waals surface area contributed by atoms with E-state index in [1.54, 1.807) is 31.2 Å². The first-order valence-electron chi connectivity index (χ1n) is 7.57. The van der Waals surface area contributed by atoms with Crippen LogP contribution < -0.4 is 18.9 Å². The highest BCUT2D eigenvalue weighted by molar-refractivity contribution is 6.15. The van der Waals surface area contributed by atoms with Crippen LogP contribution in [0, 0.1) is 6.92 Å². The molecular weight excluding hydrogens is 324 g/mol. The average Bonchev–Trinajstić information content (AvgIpc) is 2.94. The third kappa shape index (κ3) is 2.65.